The second-order valence-electron chi connectivity index (χ2n) is 5.37. The summed E-state index contributed by atoms with van der Waals surface area (Å²) >= 11 is 0. The lowest BCUT2D eigenvalue weighted by Crippen LogP contribution is -2.28. The van der Waals surface area contributed by atoms with Crippen LogP contribution in [0.3, 0.4) is 0 Å². The van der Waals surface area contributed by atoms with Crippen LogP contribution in [0.25, 0.3) is 0 Å². The van der Waals surface area contributed by atoms with E-state index >= 15 is 0 Å². The van der Waals surface area contributed by atoms with Crippen LogP contribution in [-0.2, 0) is 23.8 Å². The monoisotopic (exact) mass is 354 g/mol. The Balaban J connectivity index is 2.19. The van der Waals surface area contributed by atoms with E-state index in [2.05, 4.69) is 4.99 Å². The number of methoxy groups -OCH3 is 2. The Kier molecular flexibility index (Phi) is 5.17. The van der Waals surface area contributed by atoms with Gasteiger partial charge in [-0.2, -0.15) is 0 Å². The summed E-state index contributed by atoms with van der Waals surface area (Å²) in [6.07, 6.45) is 6.56. The predicted octanol–water partition coefficient (Wildman–Crippen LogP) is 1.95. The number of aliphatic imine (C=N–C) groups is 1. The average Bonchev–Trinajstić information content (AvgIpc) is 3.13. The Morgan fingerprint density at radius 3 is 2.58 bits per heavy atom. The van der Waals surface area contributed by atoms with Gasteiger partial charge in [0.2, 0.25) is 5.90 Å². The van der Waals surface area contributed by atoms with Gasteiger partial charge in [0.1, 0.15) is 12.3 Å². The van der Waals surface area contributed by atoms with E-state index in [9.17, 15) is 9.59 Å². The molecule has 0 N–H and O–H groups in total. The molecule has 134 valence electrons. The fraction of sp³-hybridized carbons (Fsp3) is 0.211. The highest BCUT2D eigenvalue weighted by atomic mass is 16.5. The molecule has 3 rings (SSSR count). The molecule has 0 unspecified atom stereocenters. The van der Waals surface area contributed by atoms with E-state index < -0.39 is 11.9 Å². The molecule has 26 heavy (non-hydrogen) atoms. The van der Waals surface area contributed by atoms with Crippen LogP contribution >= 0.6 is 0 Å². The molecule has 0 radical (unpaired) electrons. The van der Waals surface area contributed by atoms with Gasteiger partial charge < -0.3 is 19.1 Å². The maximum absolute atomic E-state index is 12.5. The normalized spacial score (nSPS) is 16.1. The van der Waals surface area contributed by atoms with Gasteiger partial charge >= 0.3 is 11.9 Å². The van der Waals surface area contributed by atoms with Crippen LogP contribution in [-0.4, -0.2) is 45.2 Å². The summed E-state index contributed by atoms with van der Waals surface area (Å²) < 4.78 is 15.3. The number of anilines is 1. The zero-order chi connectivity index (χ0) is 18.5. The summed E-state index contributed by atoms with van der Waals surface area (Å²) in [5, 5.41) is 0. The van der Waals surface area contributed by atoms with Gasteiger partial charge in [-0.25, -0.2) is 14.6 Å². The van der Waals surface area contributed by atoms with Gasteiger partial charge in [0.25, 0.3) is 0 Å². The zero-order valence-corrected chi connectivity index (χ0v) is 14.5. The number of carbonyl (C=O) groups is 2. The molecule has 2 aliphatic heterocycles. The van der Waals surface area contributed by atoms with E-state index in [4.69, 9.17) is 14.2 Å². The fourth-order valence-electron chi connectivity index (χ4n) is 2.71. The number of nitrogens with zero attached hydrogens (tertiary/aromatic N) is 2. The van der Waals surface area contributed by atoms with Crippen LogP contribution in [0.1, 0.15) is 5.56 Å². The maximum Gasteiger partial charge on any atom is 0.355 e. The number of ether oxygens (including phenoxy) is 3. The molecule has 0 saturated carbocycles. The van der Waals surface area contributed by atoms with Gasteiger partial charge in [0.05, 0.1) is 37.6 Å². The summed E-state index contributed by atoms with van der Waals surface area (Å²) in [4.78, 5) is 30.7. The molecule has 0 amide bonds. The third-order valence-corrected chi connectivity index (χ3v) is 3.87. The summed E-state index contributed by atoms with van der Waals surface area (Å²) in [6, 6.07) is 7.34. The van der Waals surface area contributed by atoms with E-state index in [0.29, 0.717) is 30.3 Å². The molecule has 1 aromatic rings. The van der Waals surface area contributed by atoms with Gasteiger partial charge in [0, 0.05) is 6.20 Å². The van der Waals surface area contributed by atoms with Crippen LogP contribution in [0.4, 0.5) is 5.69 Å². The number of benzene rings is 1. The van der Waals surface area contributed by atoms with E-state index in [0.717, 1.165) is 0 Å². The van der Waals surface area contributed by atoms with E-state index in [1.807, 2.05) is 24.3 Å². The average molecular weight is 354 g/mol. The number of hydrogen-bond acceptors (Lipinski definition) is 7. The topological polar surface area (TPSA) is 77.4 Å². The Morgan fingerprint density at radius 1 is 1.12 bits per heavy atom. The number of para-hydroxylation sites is 1. The quantitative estimate of drug-likeness (QED) is 0.769. The number of esters is 2. The second kappa shape index (κ2) is 7.69. The highest BCUT2D eigenvalue weighted by molar-refractivity contribution is 6.07. The van der Waals surface area contributed by atoms with Crippen molar-refractivity contribution in [3.05, 3.63) is 65.5 Å². The molecular weight excluding hydrogens is 336 g/mol. The van der Waals surface area contributed by atoms with E-state index in [-0.39, 0.29) is 11.3 Å². The van der Waals surface area contributed by atoms with Crippen LogP contribution in [0.2, 0.25) is 0 Å². The van der Waals surface area contributed by atoms with Crippen LogP contribution < -0.4 is 4.90 Å². The highest BCUT2D eigenvalue weighted by Gasteiger charge is 2.29. The van der Waals surface area contributed by atoms with Crippen molar-refractivity contribution in [2.45, 2.75) is 0 Å². The smallest absolute Gasteiger partial charge is 0.355 e. The minimum Gasteiger partial charge on any atom is -0.475 e. The number of rotatable bonds is 4. The Labute approximate surface area is 150 Å². The Morgan fingerprint density at radius 2 is 1.88 bits per heavy atom. The van der Waals surface area contributed by atoms with Crippen molar-refractivity contribution in [3.8, 4) is 0 Å². The molecule has 0 aromatic heterocycles. The first-order valence-corrected chi connectivity index (χ1v) is 7.99. The highest BCUT2D eigenvalue weighted by Crippen LogP contribution is 2.30. The largest absolute Gasteiger partial charge is 0.475 e. The molecule has 2 aliphatic rings. The van der Waals surface area contributed by atoms with E-state index in [1.165, 1.54) is 20.3 Å². The van der Waals surface area contributed by atoms with E-state index in [1.54, 1.807) is 23.3 Å². The maximum atomic E-state index is 12.5. The molecule has 0 bridgehead atoms. The van der Waals surface area contributed by atoms with Crippen molar-refractivity contribution in [1.82, 2.24) is 0 Å². The van der Waals surface area contributed by atoms with Gasteiger partial charge in [-0.05, 0) is 24.3 Å². The minimum absolute atomic E-state index is 0.0513. The Bertz CT molecular complexity index is 851. The van der Waals surface area contributed by atoms with Crippen LogP contribution in [0.5, 0.6) is 0 Å². The molecule has 1 aromatic carbocycles. The van der Waals surface area contributed by atoms with Gasteiger partial charge in [-0.1, -0.05) is 18.2 Å². The molecular formula is C19H18N2O5. The lowest BCUT2D eigenvalue weighted by atomic mass is 10.1. The van der Waals surface area contributed by atoms with Gasteiger partial charge in [-0.15, -0.1) is 0 Å². The van der Waals surface area contributed by atoms with Crippen LogP contribution in [0.15, 0.2) is 65.0 Å². The SMILES string of the molecule is COC(=O)C1=C(C(=O)OC)N(c2ccccc2C2=NCCO2)C=CC=C1. The summed E-state index contributed by atoms with van der Waals surface area (Å²) in [6.45, 7) is 1.09. The lowest BCUT2D eigenvalue weighted by molar-refractivity contribution is -0.139. The molecule has 0 saturated heterocycles. The van der Waals surface area contributed by atoms with Crippen molar-refractivity contribution in [2.75, 3.05) is 32.3 Å². The summed E-state index contributed by atoms with van der Waals surface area (Å²) in [5.74, 6) is -0.803. The van der Waals surface area contributed by atoms with Crippen molar-refractivity contribution in [1.29, 1.82) is 0 Å². The first kappa shape index (κ1) is 17.5. The molecule has 0 aliphatic carbocycles. The number of allylic oxidation sites excluding steroid dienone is 2. The fourth-order valence-corrected chi connectivity index (χ4v) is 2.71. The first-order chi connectivity index (χ1) is 12.7. The molecule has 0 spiro atoms. The summed E-state index contributed by atoms with van der Waals surface area (Å²) in [7, 11) is 2.52. The van der Waals surface area contributed by atoms with Gasteiger partial charge in [-0.3, -0.25) is 0 Å². The van der Waals surface area contributed by atoms with Gasteiger partial charge in [0.15, 0.2) is 0 Å². The first-order valence-electron chi connectivity index (χ1n) is 7.99. The third kappa shape index (κ3) is 3.23. The zero-order valence-electron chi connectivity index (χ0n) is 14.5. The lowest BCUT2D eigenvalue weighted by Gasteiger charge is -2.25. The van der Waals surface area contributed by atoms with Crippen molar-refractivity contribution >= 4 is 23.5 Å². The number of hydrogen-bond donors (Lipinski definition) is 0. The van der Waals surface area contributed by atoms with Crippen LogP contribution in [0, 0.1) is 0 Å². The third-order valence-electron chi connectivity index (χ3n) is 3.87. The van der Waals surface area contributed by atoms with Crippen molar-refractivity contribution < 1.29 is 23.8 Å². The molecule has 0 atom stereocenters. The molecule has 0 fully saturated rings. The molecule has 2 heterocycles. The Hall–Kier alpha value is -3.35. The minimum atomic E-state index is -0.661. The second-order valence-corrected chi connectivity index (χ2v) is 5.37. The molecule has 7 heteroatoms. The summed E-state index contributed by atoms with van der Waals surface area (Å²) in [5.41, 5.74) is 1.49. The predicted molar refractivity (Wildman–Crippen MR) is 95.6 cm³/mol. The molecule has 7 nitrogen and oxygen atoms in total. The standard InChI is InChI=1S/C19H18N2O5/c1-24-18(22)14-8-5-6-11-21(16(14)19(23)25-2)15-9-4-3-7-13(15)17-20-10-12-26-17/h3-9,11H,10,12H2,1-2H3. The number of carbonyl (C=O) groups excluding carboxylic acids is 2. The van der Waals surface area contributed by atoms with Crippen molar-refractivity contribution in [2.24, 2.45) is 4.99 Å². The van der Waals surface area contributed by atoms with Crippen molar-refractivity contribution in [3.63, 3.8) is 0 Å².